The number of carbonyl (C=O) groups is 1. The van der Waals surface area contributed by atoms with E-state index in [0.29, 0.717) is 31.9 Å². The molecule has 1 N–H and O–H groups in total. The highest BCUT2D eigenvalue weighted by atomic mass is 16.6. The molecule has 1 amide bonds. The molecule has 3 aromatic heterocycles. The average molecular weight is 433 g/mol. The Morgan fingerprint density at radius 1 is 1.12 bits per heavy atom. The fraction of sp³-hybridized carbons (Fsp3) is 0.375. The van der Waals surface area contributed by atoms with Crippen LogP contribution in [0.4, 0.5) is 10.6 Å². The lowest BCUT2D eigenvalue weighted by Crippen LogP contribution is -2.40. The zero-order valence-electron chi connectivity index (χ0n) is 18.7. The molecule has 0 spiro atoms. The van der Waals surface area contributed by atoms with Gasteiger partial charge in [-0.2, -0.15) is 0 Å². The molecule has 8 nitrogen and oxygen atoms in total. The van der Waals surface area contributed by atoms with Crippen molar-refractivity contribution < 1.29 is 9.53 Å². The Bertz CT molecular complexity index is 1070. The Hall–Kier alpha value is -3.55. The van der Waals surface area contributed by atoms with Crippen molar-refractivity contribution >= 4 is 11.9 Å². The van der Waals surface area contributed by atoms with E-state index in [-0.39, 0.29) is 6.09 Å². The van der Waals surface area contributed by atoms with E-state index in [2.05, 4.69) is 15.3 Å². The fourth-order valence-electron chi connectivity index (χ4n) is 3.53. The molecule has 0 atom stereocenters. The van der Waals surface area contributed by atoms with Gasteiger partial charge in [-0.15, -0.1) is 0 Å². The van der Waals surface area contributed by atoms with E-state index >= 15 is 0 Å². The van der Waals surface area contributed by atoms with E-state index in [1.807, 2.05) is 51.1 Å². The van der Waals surface area contributed by atoms with Crippen LogP contribution in [0.15, 0.2) is 48.9 Å². The monoisotopic (exact) mass is 432 g/mol. The number of rotatable bonds is 5. The second kappa shape index (κ2) is 9.30. The molecule has 4 rings (SSSR count). The Kier molecular flexibility index (Phi) is 6.30. The van der Waals surface area contributed by atoms with Crippen molar-refractivity contribution in [2.75, 3.05) is 18.4 Å². The highest BCUT2D eigenvalue weighted by Gasteiger charge is 2.29. The molecular weight excluding hydrogens is 404 g/mol. The molecule has 0 fully saturated rings. The lowest BCUT2D eigenvalue weighted by Gasteiger charge is -2.31. The Morgan fingerprint density at radius 3 is 2.66 bits per heavy atom. The number of pyridine rings is 2. The molecule has 3 aromatic rings. The van der Waals surface area contributed by atoms with E-state index < -0.39 is 5.60 Å². The number of anilines is 1. The molecule has 1 aliphatic heterocycles. The Labute approximate surface area is 188 Å². The molecule has 4 heterocycles. The van der Waals surface area contributed by atoms with Gasteiger partial charge in [0.15, 0.2) is 5.82 Å². The van der Waals surface area contributed by atoms with Crippen molar-refractivity contribution in [2.45, 2.75) is 45.8 Å². The smallest absolute Gasteiger partial charge is 0.410 e. The zero-order valence-corrected chi connectivity index (χ0v) is 18.7. The summed E-state index contributed by atoms with van der Waals surface area (Å²) < 4.78 is 5.57. The first-order valence-corrected chi connectivity index (χ1v) is 10.8. The van der Waals surface area contributed by atoms with E-state index in [1.54, 1.807) is 23.5 Å². The van der Waals surface area contributed by atoms with Crippen LogP contribution in [0.25, 0.3) is 11.4 Å². The lowest BCUT2D eigenvalue weighted by molar-refractivity contribution is 0.0223. The molecule has 0 unspecified atom stereocenters. The van der Waals surface area contributed by atoms with Crippen LogP contribution < -0.4 is 5.32 Å². The van der Waals surface area contributed by atoms with Gasteiger partial charge in [0.05, 0.1) is 12.2 Å². The van der Waals surface area contributed by atoms with Crippen LogP contribution in [0, 0.1) is 0 Å². The molecular formula is C24H28N6O2. The first-order valence-electron chi connectivity index (χ1n) is 10.8. The van der Waals surface area contributed by atoms with Gasteiger partial charge >= 0.3 is 6.09 Å². The second-order valence-corrected chi connectivity index (χ2v) is 8.71. The summed E-state index contributed by atoms with van der Waals surface area (Å²) >= 11 is 0. The number of amides is 1. The van der Waals surface area contributed by atoms with Gasteiger partial charge in [0.25, 0.3) is 0 Å². The molecule has 166 valence electrons. The third-order valence-corrected chi connectivity index (χ3v) is 5.05. The van der Waals surface area contributed by atoms with E-state index in [1.165, 1.54) is 0 Å². The normalized spacial score (nSPS) is 13.4. The number of hydrogen-bond acceptors (Lipinski definition) is 7. The van der Waals surface area contributed by atoms with Gasteiger partial charge in [0.2, 0.25) is 0 Å². The summed E-state index contributed by atoms with van der Waals surface area (Å²) in [4.78, 5) is 32.4. The molecule has 0 bridgehead atoms. The van der Waals surface area contributed by atoms with E-state index in [0.717, 1.165) is 34.8 Å². The molecule has 32 heavy (non-hydrogen) atoms. The molecule has 0 saturated carbocycles. The second-order valence-electron chi connectivity index (χ2n) is 8.71. The van der Waals surface area contributed by atoms with Gasteiger partial charge < -0.3 is 15.0 Å². The van der Waals surface area contributed by atoms with Crippen LogP contribution in [0.5, 0.6) is 0 Å². The van der Waals surface area contributed by atoms with Crippen LogP contribution >= 0.6 is 0 Å². The number of nitrogens with one attached hydrogen (secondary N) is 1. The van der Waals surface area contributed by atoms with Crippen molar-refractivity contribution in [3.05, 3.63) is 65.9 Å². The Balaban J connectivity index is 1.59. The SMILES string of the molecule is CC(C)(C)OC(=O)N1CCc2nc(-c3ccncc3)nc(NCCc3ccccn3)c2C1. The van der Waals surface area contributed by atoms with Crippen LogP contribution in [0.3, 0.4) is 0 Å². The maximum absolute atomic E-state index is 12.6. The minimum atomic E-state index is -0.539. The summed E-state index contributed by atoms with van der Waals surface area (Å²) in [6.07, 6.45) is 6.35. The van der Waals surface area contributed by atoms with Crippen molar-refractivity contribution in [3.8, 4) is 11.4 Å². The van der Waals surface area contributed by atoms with Crippen LogP contribution in [-0.4, -0.2) is 49.6 Å². The molecule has 0 radical (unpaired) electrons. The van der Waals surface area contributed by atoms with Gasteiger partial charge in [-0.05, 0) is 45.0 Å². The number of aromatic nitrogens is 4. The highest BCUT2D eigenvalue weighted by Crippen LogP contribution is 2.28. The summed E-state index contributed by atoms with van der Waals surface area (Å²) in [6, 6.07) is 9.69. The maximum Gasteiger partial charge on any atom is 0.410 e. The van der Waals surface area contributed by atoms with Gasteiger partial charge in [-0.25, -0.2) is 14.8 Å². The quantitative estimate of drug-likeness (QED) is 0.654. The predicted octanol–water partition coefficient (Wildman–Crippen LogP) is 3.88. The minimum absolute atomic E-state index is 0.319. The molecule has 0 aliphatic carbocycles. The molecule has 0 saturated heterocycles. The highest BCUT2D eigenvalue weighted by molar-refractivity contribution is 5.69. The third kappa shape index (κ3) is 5.38. The van der Waals surface area contributed by atoms with Crippen LogP contribution in [-0.2, 0) is 24.1 Å². The average Bonchev–Trinajstić information content (AvgIpc) is 2.79. The van der Waals surface area contributed by atoms with E-state index in [4.69, 9.17) is 14.7 Å². The summed E-state index contributed by atoms with van der Waals surface area (Å²) in [6.45, 7) is 7.25. The van der Waals surface area contributed by atoms with Crippen molar-refractivity contribution in [1.29, 1.82) is 0 Å². The Morgan fingerprint density at radius 2 is 1.94 bits per heavy atom. The molecule has 8 heteroatoms. The third-order valence-electron chi connectivity index (χ3n) is 5.05. The number of ether oxygens (including phenoxy) is 1. The predicted molar refractivity (Wildman–Crippen MR) is 122 cm³/mol. The minimum Gasteiger partial charge on any atom is -0.444 e. The van der Waals surface area contributed by atoms with E-state index in [9.17, 15) is 4.79 Å². The summed E-state index contributed by atoms with van der Waals surface area (Å²) in [5, 5.41) is 3.45. The van der Waals surface area contributed by atoms with Gasteiger partial charge in [0.1, 0.15) is 11.4 Å². The number of hydrogen-bond donors (Lipinski definition) is 1. The number of nitrogens with zero attached hydrogens (tertiary/aromatic N) is 5. The van der Waals surface area contributed by atoms with Crippen molar-refractivity contribution in [3.63, 3.8) is 0 Å². The topological polar surface area (TPSA) is 93.1 Å². The molecule has 1 aliphatic rings. The first-order chi connectivity index (χ1) is 15.4. The standard InChI is InChI=1S/C24H28N6O2/c1-24(2,3)32-23(31)30-15-10-20-19(16-30)22(27-14-9-18-6-4-5-11-26-18)29-21(28-20)17-7-12-25-13-8-17/h4-8,11-13H,9-10,14-16H2,1-3H3,(H,27,28,29). The maximum atomic E-state index is 12.6. The largest absolute Gasteiger partial charge is 0.444 e. The lowest BCUT2D eigenvalue weighted by atomic mass is 10.1. The van der Waals surface area contributed by atoms with Gasteiger partial charge in [-0.3, -0.25) is 9.97 Å². The number of fused-ring (bicyclic) bond motifs is 1. The number of carbonyl (C=O) groups excluding carboxylic acids is 1. The fourth-order valence-corrected chi connectivity index (χ4v) is 3.53. The summed E-state index contributed by atoms with van der Waals surface area (Å²) in [5.41, 5.74) is 3.26. The van der Waals surface area contributed by atoms with Crippen molar-refractivity contribution in [2.24, 2.45) is 0 Å². The van der Waals surface area contributed by atoms with Crippen molar-refractivity contribution in [1.82, 2.24) is 24.8 Å². The summed E-state index contributed by atoms with van der Waals surface area (Å²) in [7, 11) is 0. The van der Waals surface area contributed by atoms with Gasteiger partial charge in [-0.1, -0.05) is 6.07 Å². The van der Waals surface area contributed by atoms with Gasteiger partial charge in [0, 0.05) is 61.3 Å². The summed E-state index contributed by atoms with van der Waals surface area (Å²) in [5.74, 6) is 1.39. The molecule has 0 aromatic carbocycles. The first kappa shape index (κ1) is 21.7. The van der Waals surface area contributed by atoms with Crippen LogP contribution in [0.2, 0.25) is 0 Å². The zero-order chi connectivity index (χ0) is 22.6. The van der Waals surface area contributed by atoms with Crippen LogP contribution in [0.1, 0.15) is 37.7 Å².